The van der Waals surface area contributed by atoms with Crippen LogP contribution in [0.3, 0.4) is 0 Å². The molecule has 0 saturated heterocycles. The normalized spacial score (nSPS) is 13.0. The highest BCUT2D eigenvalue weighted by atomic mass is 31.2. The lowest BCUT2D eigenvalue weighted by atomic mass is 10.1. The molecule has 20 heavy (non-hydrogen) atoms. The van der Waals surface area contributed by atoms with Crippen molar-refractivity contribution in [1.29, 1.82) is 0 Å². The molecule has 0 aliphatic heterocycles. The quantitative estimate of drug-likeness (QED) is 0.571. The Morgan fingerprint density at radius 3 is 2.35 bits per heavy atom. The van der Waals surface area contributed by atoms with Crippen molar-refractivity contribution in [2.75, 3.05) is 20.3 Å². The van der Waals surface area contributed by atoms with Crippen LogP contribution in [-0.4, -0.2) is 26.3 Å². The SMILES string of the molecule is CCOP(=O)(OCC)[C@@H](C(=O)OC)c1cccc(F)c1. The third-order valence-electron chi connectivity index (χ3n) is 2.52. The molecule has 0 unspecified atom stereocenters. The molecule has 112 valence electrons. The Morgan fingerprint density at radius 1 is 1.30 bits per heavy atom. The van der Waals surface area contributed by atoms with Crippen molar-refractivity contribution in [2.45, 2.75) is 19.5 Å². The van der Waals surface area contributed by atoms with Gasteiger partial charge >= 0.3 is 13.6 Å². The average Bonchev–Trinajstić information content (AvgIpc) is 2.39. The highest BCUT2D eigenvalue weighted by molar-refractivity contribution is 7.55. The second-order valence-corrected chi connectivity index (χ2v) is 5.97. The van der Waals surface area contributed by atoms with Gasteiger partial charge in [0.05, 0.1) is 20.3 Å². The first-order valence-electron chi connectivity index (χ1n) is 6.20. The second kappa shape index (κ2) is 7.53. The molecule has 5 nitrogen and oxygen atoms in total. The van der Waals surface area contributed by atoms with Gasteiger partial charge in [0.15, 0.2) is 5.66 Å². The van der Waals surface area contributed by atoms with Crippen LogP contribution < -0.4 is 0 Å². The molecule has 0 aliphatic carbocycles. The summed E-state index contributed by atoms with van der Waals surface area (Å²) in [6.07, 6.45) is 0. The fraction of sp³-hybridized carbons (Fsp3) is 0.462. The molecule has 0 amide bonds. The molecule has 0 bridgehead atoms. The molecule has 0 N–H and O–H groups in total. The summed E-state index contributed by atoms with van der Waals surface area (Å²) in [6.45, 7) is 3.46. The summed E-state index contributed by atoms with van der Waals surface area (Å²) in [5, 5.41) is 0. The number of rotatable bonds is 7. The number of halogens is 1. The number of esters is 1. The van der Waals surface area contributed by atoms with E-state index in [1.165, 1.54) is 18.2 Å². The average molecular weight is 304 g/mol. The molecule has 0 radical (unpaired) electrons. The van der Waals surface area contributed by atoms with Gasteiger partial charge in [-0.05, 0) is 31.5 Å². The summed E-state index contributed by atoms with van der Waals surface area (Å²) in [4.78, 5) is 11.9. The molecular weight excluding hydrogens is 286 g/mol. The first-order valence-corrected chi connectivity index (χ1v) is 7.81. The monoisotopic (exact) mass is 304 g/mol. The summed E-state index contributed by atoms with van der Waals surface area (Å²) in [7, 11) is -2.62. The van der Waals surface area contributed by atoms with E-state index in [0.29, 0.717) is 0 Å². The van der Waals surface area contributed by atoms with Crippen molar-refractivity contribution in [3.8, 4) is 0 Å². The number of ether oxygens (including phenoxy) is 1. The van der Waals surface area contributed by atoms with Gasteiger partial charge in [-0.1, -0.05) is 12.1 Å². The molecule has 0 saturated carbocycles. The Morgan fingerprint density at radius 2 is 1.90 bits per heavy atom. The van der Waals surface area contributed by atoms with Gasteiger partial charge in [-0.15, -0.1) is 0 Å². The van der Waals surface area contributed by atoms with Gasteiger partial charge in [0.1, 0.15) is 5.82 Å². The predicted octanol–water partition coefficient (Wildman–Crippen LogP) is 3.31. The summed E-state index contributed by atoms with van der Waals surface area (Å²) in [5.74, 6) is -1.34. The van der Waals surface area contributed by atoms with Crippen LogP contribution in [0, 0.1) is 5.82 Å². The number of hydrogen-bond acceptors (Lipinski definition) is 5. The lowest BCUT2D eigenvalue weighted by molar-refractivity contribution is -0.140. The lowest BCUT2D eigenvalue weighted by Crippen LogP contribution is -2.18. The van der Waals surface area contributed by atoms with E-state index in [1.54, 1.807) is 13.8 Å². The van der Waals surface area contributed by atoms with Gasteiger partial charge in [-0.25, -0.2) is 4.39 Å². The smallest absolute Gasteiger partial charge is 0.349 e. The van der Waals surface area contributed by atoms with Crippen molar-refractivity contribution in [1.82, 2.24) is 0 Å². The molecule has 0 spiro atoms. The van der Waals surface area contributed by atoms with Gasteiger partial charge < -0.3 is 13.8 Å². The number of carbonyl (C=O) groups is 1. The van der Waals surface area contributed by atoms with Crippen LogP contribution in [0.5, 0.6) is 0 Å². The molecule has 1 atom stereocenters. The molecule has 1 aromatic rings. The zero-order chi connectivity index (χ0) is 15.2. The Labute approximate surface area is 117 Å². The summed E-state index contributed by atoms with van der Waals surface area (Å²) < 4.78 is 41.1. The summed E-state index contributed by atoms with van der Waals surface area (Å²) in [6, 6.07) is 5.24. The summed E-state index contributed by atoms with van der Waals surface area (Å²) in [5.41, 5.74) is -1.11. The van der Waals surface area contributed by atoms with E-state index in [0.717, 1.165) is 13.2 Å². The van der Waals surface area contributed by atoms with Crippen LogP contribution >= 0.6 is 7.60 Å². The van der Waals surface area contributed by atoms with E-state index >= 15 is 0 Å². The second-order valence-electron chi connectivity index (χ2n) is 3.86. The number of methoxy groups -OCH3 is 1. The van der Waals surface area contributed by atoms with Crippen LogP contribution in [0.1, 0.15) is 25.1 Å². The van der Waals surface area contributed by atoms with E-state index in [2.05, 4.69) is 4.74 Å². The zero-order valence-electron chi connectivity index (χ0n) is 11.7. The molecule has 1 aromatic carbocycles. The van der Waals surface area contributed by atoms with Crippen molar-refractivity contribution < 1.29 is 27.5 Å². The van der Waals surface area contributed by atoms with E-state index in [-0.39, 0.29) is 18.8 Å². The third-order valence-corrected chi connectivity index (χ3v) is 4.90. The van der Waals surface area contributed by atoms with Gasteiger partial charge in [-0.2, -0.15) is 0 Å². The first kappa shape index (κ1) is 16.8. The Hall–Kier alpha value is -1.23. The van der Waals surface area contributed by atoms with Crippen molar-refractivity contribution >= 4 is 13.6 Å². The van der Waals surface area contributed by atoms with Crippen molar-refractivity contribution in [3.63, 3.8) is 0 Å². The Kier molecular flexibility index (Phi) is 6.33. The van der Waals surface area contributed by atoms with Crippen LogP contribution in [0.15, 0.2) is 24.3 Å². The van der Waals surface area contributed by atoms with E-state index < -0.39 is 25.0 Å². The van der Waals surface area contributed by atoms with Gasteiger partial charge in [0.2, 0.25) is 0 Å². The number of carbonyl (C=O) groups excluding carboxylic acids is 1. The molecule has 0 aliphatic rings. The van der Waals surface area contributed by atoms with E-state index in [9.17, 15) is 13.8 Å². The van der Waals surface area contributed by atoms with Crippen LogP contribution in [0.4, 0.5) is 4.39 Å². The van der Waals surface area contributed by atoms with Gasteiger partial charge in [-0.3, -0.25) is 9.36 Å². The van der Waals surface area contributed by atoms with Crippen LogP contribution in [0.2, 0.25) is 0 Å². The minimum atomic E-state index is -3.79. The Balaban J connectivity index is 3.30. The molecule has 7 heteroatoms. The maximum atomic E-state index is 13.3. The molecule has 0 aromatic heterocycles. The zero-order valence-corrected chi connectivity index (χ0v) is 12.6. The molecular formula is C13H18FO5P. The lowest BCUT2D eigenvalue weighted by Gasteiger charge is -2.24. The number of hydrogen-bond donors (Lipinski definition) is 0. The minimum Gasteiger partial charge on any atom is -0.468 e. The van der Waals surface area contributed by atoms with Crippen LogP contribution in [-0.2, 0) is 23.1 Å². The maximum absolute atomic E-state index is 13.3. The fourth-order valence-corrected chi connectivity index (χ4v) is 3.76. The topological polar surface area (TPSA) is 61.8 Å². The fourth-order valence-electron chi connectivity index (χ4n) is 1.78. The van der Waals surface area contributed by atoms with Crippen molar-refractivity contribution in [3.05, 3.63) is 35.6 Å². The first-order chi connectivity index (χ1) is 9.48. The van der Waals surface area contributed by atoms with E-state index in [1.807, 2.05) is 0 Å². The molecule has 0 fully saturated rings. The number of benzene rings is 1. The third kappa shape index (κ3) is 3.88. The minimum absolute atomic E-state index is 0.0973. The van der Waals surface area contributed by atoms with Gasteiger partial charge in [0, 0.05) is 0 Å². The molecule has 1 rings (SSSR count). The largest absolute Gasteiger partial charge is 0.468 e. The summed E-state index contributed by atoms with van der Waals surface area (Å²) >= 11 is 0. The van der Waals surface area contributed by atoms with E-state index in [4.69, 9.17) is 9.05 Å². The maximum Gasteiger partial charge on any atom is 0.349 e. The Bertz CT molecular complexity index is 495. The van der Waals surface area contributed by atoms with Crippen molar-refractivity contribution in [2.24, 2.45) is 0 Å². The molecule has 0 heterocycles. The van der Waals surface area contributed by atoms with Gasteiger partial charge in [0.25, 0.3) is 0 Å². The standard InChI is InChI=1S/C13H18FO5P/c1-4-18-20(16,19-5-2)12(13(15)17-3)10-7-6-8-11(14)9-10/h6-9,12H,4-5H2,1-3H3/t12-/m1/s1. The highest BCUT2D eigenvalue weighted by Crippen LogP contribution is 2.61. The predicted molar refractivity (Wildman–Crippen MR) is 72.0 cm³/mol. The van der Waals surface area contributed by atoms with Crippen LogP contribution in [0.25, 0.3) is 0 Å². The highest BCUT2D eigenvalue weighted by Gasteiger charge is 2.43.